The van der Waals surface area contributed by atoms with Crippen molar-refractivity contribution < 1.29 is 24.3 Å². The van der Waals surface area contributed by atoms with Gasteiger partial charge in [-0.25, -0.2) is 9.80 Å². The highest BCUT2D eigenvalue weighted by atomic mass is 16.4. The third-order valence-corrected chi connectivity index (χ3v) is 2.49. The average Bonchev–Trinajstić information content (AvgIpc) is 2.36. The van der Waals surface area contributed by atoms with Gasteiger partial charge in [0.1, 0.15) is 11.6 Å². The fraction of sp³-hybridized carbons (Fsp3) is 0.286. The molecule has 7 heteroatoms. The molecular formula is C14H16N2O5. The second-order valence-electron chi connectivity index (χ2n) is 4.55. The Kier molecular flexibility index (Phi) is 5.74. The first-order chi connectivity index (χ1) is 9.81. The van der Waals surface area contributed by atoms with Crippen LogP contribution in [0.1, 0.15) is 34.6 Å². The van der Waals surface area contributed by atoms with Gasteiger partial charge in [-0.1, -0.05) is 12.1 Å². The van der Waals surface area contributed by atoms with Crippen molar-refractivity contribution in [3.63, 3.8) is 0 Å². The number of Topliss-reactive ketones (excluding diaryl/α,β-unsaturated/α-hetero) is 2. The standard InChI is InChI=1S/C14H16N2O5/c1-9(17)7-16(8-10(2)18)15-13(19)11-5-3-4-6-12(11)14(20)21/h3-6H,7-8H2,1-2H3,(H,15,19)(H,20,21). The quantitative estimate of drug-likeness (QED) is 0.710. The van der Waals surface area contributed by atoms with Gasteiger partial charge < -0.3 is 5.11 Å². The van der Waals surface area contributed by atoms with Crippen LogP contribution in [0.25, 0.3) is 0 Å². The van der Waals surface area contributed by atoms with E-state index >= 15 is 0 Å². The maximum atomic E-state index is 12.1. The molecular weight excluding hydrogens is 276 g/mol. The summed E-state index contributed by atoms with van der Waals surface area (Å²) in [6.45, 7) is 2.37. The van der Waals surface area contributed by atoms with Gasteiger partial charge in [0.15, 0.2) is 0 Å². The first-order valence-corrected chi connectivity index (χ1v) is 6.18. The minimum absolute atomic E-state index is 0.0397. The molecule has 0 atom stereocenters. The number of aromatic carboxylic acids is 1. The van der Waals surface area contributed by atoms with Crippen molar-refractivity contribution in [1.29, 1.82) is 0 Å². The Morgan fingerprint density at radius 3 is 1.90 bits per heavy atom. The molecule has 1 aromatic rings. The monoisotopic (exact) mass is 292 g/mol. The number of hydrogen-bond acceptors (Lipinski definition) is 5. The summed E-state index contributed by atoms with van der Waals surface area (Å²) in [5.41, 5.74) is 2.19. The normalized spacial score (nSPS) is 10.2. The predicted molar refractivity (Wildman–Crippen MR) is 73.8 cm³/mol. The molecule has 0 saturated carbocycles. The van der Waals surface area contributed by atoms with Crippen LogP contribution >= 0.6 is 0 Å². The number of rotatable bonds is 7. The van der Waals surface area contributed by atoms with Gasteiger partial charge in [-0.3, -0.25) is 19.8 Å². The second kappa shape index (κ2) is 7.30. The summed E-state index contributed by atoms with van der Waals surface area (Å²) >= 11 is 0. The van der Waals surface area contributed by atoms with Gasteiger partial charge in [0.05, 0.1) is 24.2 Å². The number of hydrazine groups is 1. The second-order valence-corrected chi connectivity index (χ2v) is 4.55. The van der Waals surface area contributed by atoms with Crippen LogP contribution in [0.5, 0.6) is 0 Å². The van der Waals surface area contributed by atoms with Crippen molar-refractivity contribution in [3.8, 4) is 0 Å². The van der Waals surface area contributed by atoms with Gasteiger partial charge >= 0.3 is 5.97 Å². The topological polar surface area (TPSA) is 104 Å². The van der Waals surface area contributed by atoms with Crippen LogP contribution in [0.3, 0.4) is 0 Å². The van der Waals surface area contributed by atoms with Gasteiger partial charge in [0, 0.05) is 0 Å². The van der Waals surface area contributed by atoms with Gasteiger partial charge in [-0.05, 0) is 26.0 Å². The Balaban J connectivity index is 2.94. The Morgan fingerprint density at radius 1 is 1.00 bits per heavy atom. The van der Waals surface area contributed by atoms with Crippen molar-refractivity contribution >= 4 is 23.4 Å². The van der Waals surface area contributed by atoms with E-state index in [0.717, 1.165) is 5.01 Å². The lowest BCUT2D eigenvalue weighted by atomic mass is 10.1. The average molecular weight is 292 g/mol. The highest BCUT2D eigenvalue weighted by Crippen LogP contribution is 2.08. The number of carbonyl (C=O) groups excluding carboxylic acids is 3. The van der Waals surface area contributed by atoms with Gasteiger partial charge in [0.25, 0.3) is 5.91 Å². The van der Waals surface area contributed by atoms with E-state index in [2.05, 4.69) is 5.43 Å². The molecule has 0 fully saturated rings. The highest BCUT2D eigenvalue weighted by Gasteiger charge is 2.19. The zero-order valence-corrected chi connectivity index (χ0v) is 11.8. The van der Waals surface area contributed by atoms with Crippen molar-refractivity contribution in [1.82, 2.24) is 10.4 Å². The Labute approximate surface area is 121 Å². The number of amides is 1. The molecule has 21 heavy (non-hydrogen) atoms. The van der Waals surface area contributed by atoms with Crippen LogP contribution < -0.4 is 5.43 Å². The van der Waals surface area contributed by atoms with E-state index in [1.807, 2.05) is 0 Å². The van der Waals surface area contributed by atoms with Crippen LogP contribution in [0.4, 0.5) is 0 Å². The zero-order chi connectivity index (χ0) is 16.0. The predicted octanol–water partition coefficient (Wildman–Crippen LogP) is 0.510. The molecule has 1 rings (SSSR count). The van der Waals surface area contributed by atoms with E-state index in [9.17, 15) is 19.2 Å². The van der Waals surface area contributed by atoms with E-state index in [1.54, 1.807) is 0 Å². The lowest BCUT2D eigenvalue weighted by molar-refractivity contribution is -0.121. The van der Waals surface area contributed by atoms with E-state index in [-0.39, 0.29) is 35.8 Å². The number of carboxylic acid groups (broad SMARTS) is 1. The number of nitrogens with zero attached hydrogens (tertiary/aromatic N) is 1. The van der Waals surface area contributed by atoms with Gasteiger partial charge in [-0.2, -0.15) is 0 Å². The number of carboxylic acids is 1. The molecule has 2 N–H and O–H groups in total. The summed E-state index contributed by atoms with van der Waals surface area (Å²) < 4.78 is 0. The fourth-order valence-electron chi connectivity index (χ4n) is 1.74. The summed E-state index contributed by atoms with van der Waals surface area (Å²) in [4.78, 5) is 45.4. The van der Waals surface area contributed by atoms with Crippen LogP contribution in [0.2, 0.25) is 0 Å². The van der Waals surface area contributed by atoms with Crippen molar-refractivity contribution in [2.75, 3.05) is 13.1 Å². The van der Waals surface area contributed by atoms with Crippen LogP contribution in [-0.2, 0) is 9.59 Å². The zero-order valence-electron chi connectivity index (χ0n) is 11.8. The Morgan fingerprint density at radius 2 is 1.48 bits per heavy atom. The summed E-state index contributed by atoms with van der Waals surface area (Å²) in [6.07, 6.45) is 0. The molecule has 0 spiro atoms. The largest absolute Gasteiger partial charge is 0.478 e. The Bertz CT molecular complexity index is 566. The van der Waals surface area contributed by atoms with Crippen molar-refractivity contribution in [2.24, 2.45) is 0 Å². The SMILES string of the molecule is CC(=O)CN(CC(C)=O)NC(=O)c1ccccc1C(=O)O. The summed E-state index contributed by atoms with van der Waals surface area (Å²) in [5, 5.41) is 10.2. The lowest BCUT2D eigenvalue weighted by Crippen LogP contribution is -2.47. The fourth-order valence-corrected chi connectivity index (χ4v) is 1.74. The minimum atomic E-state index is -1.23. The van der Waals surface area contributed by atoms with Crippen LogP contribution in [0, 0.1) is 0 Å². The minimum Gasteiger partial charge on any atom is -0.478 e. The molecule has 0 saturated heterocycles. The molecule has 1 aromatic carbocycles. The molecule has 0 unspecified atom stereocenters. The van der Waals surface area contributed by atoms with Gasteiger partial charge in [0.2, 0.25) is 0 Å². The summed E-state index contributed by atoms with van der Waals surface area (Å²) in [5.74, 6) is -2.38. The smallest absolute Gasteiger partial charge is 0.336 e. The molecule has 0 heterocycles. The van der Waals surface area contributed by atoms with Crippen molar-refractivity contribution in [3.05, 3.63) is 35.4 Å². The first kappa shape index (κ1) is 16.5. The van der Waals surface area contributed by atoms with E-state index in [4.69, 9.17) is 5.11 Å². The summed E-state index contributed by atoms with van der Waals surface area (Å²) in [7, 11) is 0. The number of hydrogen-bond donors (Lipinski definition) is 2. The number of nitrogens with one attached hydrogen (secondary N) is 1. The molecule has 0 radical (unpaired) electrons. The van der Waals surface area contributed by atoms with Gasteiger partial charge in [-0.15, -0.1) is 0 Å². The van der Waals surface area contributed by atoms with E-state index in [1.165, 1.54) is 38.1 Å². The maximum absolute atomic E-state index is 12.1. The molecule has 0 aliphatic carbocycles. The lowest BCUT2D eigenvalue weighted by Gasteiger charge is -2.21. The van der Waals surface area contributed by atoms with Crippen LogP contribution in [0.15, 0.2) is 24.3 Å². The number of benzene rings is 1. The molecule has 112 valence electrons. The third kappa shape index (κ3) is 5.15. The van der Waals surface area contributed by atoms with Crippen LogP contribution in [-0.4, -0.2) is 46.6 Å². The first-order valence-electron chi connectivity index (χ1n) is 6.18. The molecule has 0 aliphatic rings. The molecule has 0 bridgehead atoms. The molecule has 0 aromatic heterocycles. The highest BCUT2D eigenvalue weighted by molar-refractivity contribution is 6.04. The molecule has 0 aliphatic heterocycles. The third-order valence-electron chi connectivity index (χ3n) is 2.49. The number of carbonyl (C=O) groups is 4. The Hall–Kier alpha value is -2.54. The molecule has 7 nitrogen and oxygen atoms in total. The maximum Gasteiger partial charge on any atom is 0.336 e. The molecule has 1 amide bonds. The van der Waals surface area contributed by atoms with E-state index < -0.39 is 11.9 Å². The summed E-state index contributed by atoms with van der Waals surface area (Å²) in [6, 6.07) is 5.70. The van der Waals surface area contributed by atoms with E-state index in [0.29, 0.717) is 0 Å². The van der Waals surface area contributed by atoms with Crippen molar-refractivity contribution in [2.45, 2.75) is 13.8 Å². The number of ketones is 2.